The first-order chi connectivity index (χ1) is 12.2. The molecule has 6 nitrogen and oxygen atoms in total. The zero-order valence-corrected chi connectivity index (χ0v) is 14.5. The van der Waals surface area contributed by atoms with Crippen molar-refractivity contribution < 1.29 is 19.1 Å². The summed E-state index contributed by atoms with van der Waals surface area (Å²) in [6.45, 7) is 1.29. The van der Waals surface area contributed by atoms with Crippen molar-refractivity contribution in [2.45, 2.75) is 19.4 Å². The fraction of sp³-hybridized carbons (Fsp3) is 0.316. The Kier molecular flexibility index (Phi) is 5.40. The number of nitrogens with one attached hydrogen (secondary N) is 1. The molecule has 2 aromatic rings. The van der Waals surface area contributed by atoms with Crippen molar-refractivity contribution in [2.75, 3.05) is 26.1 Å². The maximum absolute atomic E-state index is 11.7. The molecule has 2 aromatic carbocycles. The van der Waals surface area contributed by atoms with Crippen LogP contribution in [0.15, 0.2) is 42.5 Å². The Morgan fingerprint density at radius 3 is 2.80 bits per heavy atom. The van der Waals surface area contributed by atoms with Crippen LogP contribution in [0.25, 0.3) is 0 Å². The van der Waals surface area contributed by atoms with Crippen LogP contribution in [-0.4, -0.2) is 31.9 Å². The van der Waals surface area contributed by atoms with Crippen LogP contribution in [0.1, 0.15) is 17.5 Å². The highest BCUT2D eigenvalue weighted by molar-refractivity contribution is 5.88. The first kappa shape index (κ1) is 17.1. The number of ether oxygens (including phenoxy) is 2. The van der Waals surface area contributed by atoms with Crippen LogP contribution < -0.4 is 14.8 Å². The van der Waals surface area contributed by atoms with E-state index in [2.05, 4.69) is 11.4 Å². The van der Waals surface area contributed by atoms with Gasteiger partial charge in [-0.1, -0.05) is 6.07 Å². The molecular weight excluding hydrogens is 320 g/mol. The summed E-state index contributed by atoms with van der Waals surface area (Å²) >= 11 is 0. The van der Waals surface area contributed by atoms with Crippen molar-refractivity contribution in [3.8, 4) is 11.5 Å². The van der Waals surface area contributed by atoms with Gasteiger partial charge in [0.15, 0.2) is 0 Å². The molecule has 0 spiro atoms. The maximum Gasteiger partial charge on any atom is 0.345 e. The molecule has 0 bridgehead atoms. The van der Waals surface area contributed by atoms with Crippen molar-refractivity contribution in [2.24, 2.45) is 0 Å². The normalized spacial score (nSPS) is 12.7. The van der Waals surface area contributed by atoms with Gasteiger partial charge in [-0.25, -0.2) is 9.86 Å². The fourth-order valence-electron chi connectivity index (χ4n) is 2.59. The lowest BCUT2D eigenvalue weighted by atomic mass is 10.0. The second-order valence-corrected chi connectivity index (χ2v) is 5.82. The summed E-state index contributed by atoms with van der Waals surface area (Å²) in [6.07, 6.45) is 2.11. The Hall–Kier alpha value is -2.73. The van der Waals surface area contributed by atoms with Gasteiger partial charge in [-0.05, 0) is 60.4 Å². The molecule has 1 N–H and O–H groups in total. The van der Waals surface area contributed by atoms with E-state index in [9.17, 15) is 4.79 Å². The van der Waals surface area contributed by atoms with Crippen molar-refractivity contribution in [3.63, 3.8) is 0 Å². The third-order valence-electron chi connectivity index (χ3n) is 4.04. The van der Waals surface area contributed by atoms with Crippen LogP contribution in [0.3, 0.4) is 0 Å². The molecule has 0 aromatic heterocycles. The number of anilines is 1. The number of carbonyl (C=O) groups excluding carboxylic acids is 1. The second kappa shape index (κ2) is 7.90. The van der Waals surface area contributed by atoms with E-state index in [0.717, 1.165) is 41.6 Å². The Bertz CT molecular complexity index is 731. The lowest BCUT2D eigenvalue weighted by Crippen LogP contribution is -2.30. The third kappa shape index (κ3) is 4.42. The van der Waals surface area contributed by atoms with Gasteiger partial charge in [0.2, 0.25) is 0 Å². The van der Waals surface area contributed by atoms with Gasteiger partial charge in [0.05, 0.1) is 13.7 Å². The summed E-state index contributed by atoms with van der Waals surface area (Å²) < 4.78 is 11.4. The summed E-state index contributed by atoms with van der Waals surface area (Å²) in [5.74, 6) is 1.73. The minimum atomic E-state index is -0.340. The quantitative estimate of drug-likeness (QED) is 0.843. The minimum absolute atomic E-state index is 0.340. The van der Waals surface area contributed by atoms with Crippen molar-refractivity contribution in [1.29, 1.82) is 0 Å². The molecule has 2 amide bonds. The molecule has 1 heterocycles. The number of rotatable bonds is 5. The van der Waals surface area contributed by atoms with Crippen molar-refractivity contribution in [1.82, 2.24) is 5.06 Å². The van der Waals surface area contributed by atoms with Gasteiger partial charge in [0.1, 0.15) is 18.1 Å². The Morgan fingerprint density at radius 2 is 2.04 bits per heavy atom. The standard InChI is InChI=1S/C19H22N2O4/c1-21(23-2)19(22)20-16-6-8-17(9-7-16)25-13-14-5-10-18-15(12-14)4-3-11-24-18/h5-10,12H,3-4,11,13H2,1-2H3,(H,20,22). The molecule has 0 fully saturated rings. The van der Waals surface area contributed by atoms with E-state index < -0.39 is 0 Å². The monoisotopic (exact) mass is 342 g/mol. The molecule has 3 rings (SSSR count). The predicted molar refractivity (Wildman–Crippen MR) is 94.8 cm³/mol. The number of fused-ring (bicyclic) bond motifs is 1. The van der Waals surface area contributed by atoms with Crippen molar-refractivity contribution >= 4 is 11.7 Å². The number of benzene rings is 2. The largest absolute Gasteiger partial charge is 0.493 e. The lowest BCUT2D eigenvalue weighted by molar-refractivity contribution is -0.0598. The fourth-order valence-corrected chi connectivity index (χ4v) is 2.59. The molecule has 0 saturated carbocycles. The van der Waals surface area contributed by atoms with Crippen LogP contribution in [0, 0.1) is 0 Å². The Morgan fingerprint density at radius 1 is 1.24 bits per heavy atom. The highest BCUT2D eigenvalue weighted by Crippen LogP contribution is 2.26. The first-order valence-electron chi connectivity index (χ1n) is 8.22. The molecule has 6 heteroatoms. The molecule has 25 heavy (non-hydrogen) atoms. The van der Waals surface area contributed by atoms with E-state index in [1.165, 1.54) is 19.7 Å². The molecule has 0 saturated heterocycles. The van der Waals surface area contributed by atoms with Gasteiger partial charge >= 0.3 is 6.03 Å². The molecule has 132 valence electrons. The summed E-state index contributed by atoms with van der Waals surface area (Å²) in [6, 6.07) is 13.1. The number of nitrogens with zero attached hydrogens (tertiary/aromatic N) is 1. The van der Waals surface area contributed by atoms with E-state index in [0.29, 0.717) is 12.3 Å². The molecule has 0 atom stereocenters. The maximum atomic E-state index is 11.7. The van der Waals surface area contributed by atoms with Gasteiger partial charge in [0.25, 0.3) is 0 Å². The summed E-state index contributed by atoms with van der Waals surface area (Å²) in [7, 11) is 2.97. The molecule has 0 unspecified atom stereocenters. The van der Waals surface area contributed by atoms with Gasteiger partial charge in [-0.2, -0.15) is 0 Å². The number of hydrogen-bond acceptors (Lipinski definition) is 4. The molecule has 0 radical (unpaired) electrons. The van der Waals surface area contributed by atoms with Crippen LogP contribution in [0.5, 0.6) is 11.5 Å². The van der Waals surface area contributed by atoms with Crippen molar-refractivity contribution in [3.05, 3.63) is 53.6 Å². The van der Waals surface area contributed by atoms with E-state index in [4.69, 9.17) is 14.3 Å². The minimum Gasteiger partial charge on any atom is -0.493 e. The average molecular weight is 342 g/mol. The average Bonchev–Trinajstić information content (AvgIpc) is 2.66. The Balaban J connectivity index is 1.56. The van der Waals surface area contributed by atoms with Crippen LogP contribution in [-0.2, 0) is 17.9 Å². The smallest absolute Gasteiger partial charge is 0.345 e. The third-order valence-corrected chi connectivity index (χ3v) is 4.04. The zero-order chi connectivity index (χ0) is 17.6. The van der Waals surface area contributed by atoms with Gasteiger partial charge < -0.3 is 14.8 Å². The molecule has 1 aliphatic rings. The SMILES string of the molecule is CON(C)C(=O)Nc1ccc(OCc2ccc3c(c2)CCCO3)cc1. The van der Waals surface area contributed by atoms with Gasteiger partial charge in [-0.3, -0.25) is 4.84 Å². The van der Waals surface area contributed by atoms with E-state index in [-0.39, 0.29) is 6.03 Å². The lowest BCUT2D eigenvalue weighted by Gasteiger charge is -2.18. The van der Waals surface area contributed by atoms with E-state index in [1.54, 1.807) is 12.1 Å². The first-order valence-corrected chi connectivity index (χ1v) is 8.22. The van der Waals surface area contributed by atoms with Gasteiger partial charge in [0, 0.05) is 12.7 Å². The summed E-state index contributed by atoms with van der Waals surface area (Å²) in [5, 5.41) is 3.84. The molecule has 0 aliphatic carbocycles. The highest BCUT2D eigenvalue weighted by Gasteiger charge is 2.11. The van der Waals surface area contributed by atoms with Crippen LogP contribution in [0.4, 0.5) is 10.5 Å². The number of carbonyl (C=O) groups is 1. The topological polar surface area (TPSA) is 60.0 Å². The van der Waals surface area contributed by atoms with E-state index >= 15 is 0 Å². The second-order valence-electron chi connectivity index (χ2n) is 5.82. The molecule has 1 aliphatic heterocycles. The highest BCUT2D eigenvalue weighted by atomic mass is 16.7. The number of hydrogen-bond donors (Lipinski definition) is 1. The summed E-state index contributed by atoms with van der Waals surface area (Å²) in [4.78, 5) is 16.5. The Labute approximate surface area is 147 Å². The number of aryl methyl sites for hydroxylation is 1. The summed E-state index contributed by atoms with van der Waals surface area (Å²) in [5.41, 5.74) is 3.03. The predicted octanol–water partition coefficient (Wildman–Crippen LogP) is 3.62. The number of amides is 2. The number of hydroxylamine groups is 2. The van der Waals surface area contributed by atoms with Crippen LogP contribution in [0.2, 0.25) is 0 Å². The van der Waals surface area contributed by atoms with E-state index in [1.807, 2.05) is 24.3 Å². The van der Waals surface area contributed by atoms with Gasteiger partial charge in [-0.15, -0.1) is 0 Å². The van der Waals surface area contributed by atoms with Crippen LogP contribution >= 0.6 is 0 Å². The molecular formula is C19H22N2O4. The number of urea groups is 1. The zero-order valence-electron chi connectivity index (χ0n) is 14.5.